The molecule has 3 aromatic rings. The summed E-state index contributed by atoms with van der Waals surface area (Å²) >= 11 is 6.35. The zero-order chi connectivity index (χ0) is 20.8. The molecule has 0 bridgehead atoms. The van der Waals surface area contributed by atoms with Crippen molar-refractivity contribution in [3.8, 4) is 11.5 Å². The van der Waals surface area contributed by atoms with E-state index in [2.05, 4.69) is 10.5 Å². The van der Waals surface area contributed by atoms with Crippen molar-refractivity contribution in [1.29, 1.82) is 0 Å². The summed E-state index contributed by atoms with van der Waals surface area (Å²) in [6.45, 7) is 4.00. The van der Waals surface area contributed by atoms with E-state index in [1.165, 1.54) is 6.21 Å². The zero-order valence-corrected chi connectivity index (χ0v) is 17.4. The molecule has 0 aliphatic rings. The number of halogens is 1. The van der Waals surface area contributed by atoms with Crippen LogP contribution in [0, 0.1) is 0 Å². The molecule has 150 valence electrons. The Morgan fingerprint density at radius 3 is 2.66 bits per heavy atom. The van der Waals surface area contributed by atoms with Crippen molar-refractivity contribution in [1.82, 2.24) is 5.43 Å². The fourth-order valence-electron chi connectivity index (χ4n) is 2.77. The largest absolute Gasteiger partial charge is 0.493 e. The number of benzene rings is 3. The third-order valence-corrected chi connectivity index (χ3v) is 4.82. The predicted octanol–water partition coefficient (Wildman–Crippen LogP) is 5.44. The molecule has 5 nitrogen and oxygen atoms in total. The van der Waals surface area contributed by atoms with Crippen LogP contribution in [0.2, 0.25) is 5.02 Å². The van der Waals surface area contributed by atoms with Crippen molar-refractivity contribution in [3.63, 3.8) is 0 Å². The number of amides is 1. The highest BCUT2D eigenvalue weighted by Crippen LogP contribution is 2.37. The molecule has 0 aliphatic carbocycles. The minimum Gasteiger partial charge on any atom is -0.493 e. The lowest BCUT2D eigenvalue weighted by molar-refractivity contribution is 0.0955. The highest BCUT2D eigenvalue weighted by Gasteiger charge is 2.14. The van der Waals surface area contributed by atoms with Gasteiger partial charge in [0.2, 0.25) is 0 Å². The maximum absolute atomic E-state index is 12.4. The number of hydrazone groups is 1. The monoisotopic (exact) mass is 410 g/mol. The van der Waals surface area contributed by atoms with Crippen molar-refractivity contribution in [2.75, 3.05) is 7.11 Å². The average molecular weight is 411 g/mol. The molecule has 0 radical (unpaired) electrons. The number of nitrogens with one attached hydrogen (secondary N) is 1. The van der Waals surface area contributed by atoms with Crippen LogP contribution in [0.25, 0.3) is 10.8 Å². The molecule has 3 aromatic carbocycles. The third-order valence-electron chi connectivity index (χ3n) is 4.54. The standard InChI is InChI=1S/C23H23ClN2O3/c1-4-15(2)29-22-20(24)11-16(12-21(22)28-3)14-25-26-23(27)19-10-9-17-7-5-6-8-18(17)13-19/h5-15H,4H2,1-3H3,(H,26,27)/b25-14-/t15-/m1/s1. The molecule has 0 aliphatic heterocycles. The number of rotatable bonds is 7. The zero-order valence-electron chi connectivity index (χ0n) is 16.6. The van der Waals surface area contributed by atoms with Crippen LogP contribution in [0.5, 0.6) is 11.5 Å². The minimum atomic E-state index is -0.290. The molecule has 3 rings (SSSR count). The van der Waals surface area contributed by atoms with Gasteiger partial charge in [-0.15, -0.1) is 0 Å². The molecule has 0 saturated heterocycles. The number of hydrogen-bond donors (Lipinski definition) is 1. The number of ether oxygens (including phenoxy) is 2. The highest BCUT2D eigenvalue weighted by atomic mass is 35.5. The molecule has 0 aromatic heterocycles. The summed E-state index contributed by atoms with van der Waals surface area (Å²) in [7, 11) is 1.55. The Hall–Kier alpha value is -3.05. The Balaban J connectivity index is 1.73. The summed E-state index contributed by atoms with van der Waals surface area (Å²) in [6.07, 6.45) is 2.38. The Morgan fingerprint density at radius 2 is 1.93 bits per heavy atom. The quantitative estimate of drug-likeness (QED) is 0.416. The molecule has 1 amide bonds. The van der Waals surface area contributed by atoms with Crippen LogP contribution in [0.3, 0.4) is 0 Å². The van der Waals surface area contributed by atoms with Gasteiger partial charge in [-0.2, -0.15) is 5.10 Å². The third kappa shape index (κ3) is 5.06. The maximum atomic E-state index is 12.4. The summed E-state index contributed by atoms with van der Waals surface area (Å²) in [6, 6.07) is 16.9. The van der Waals surface area contributed by atoms with Crippen LogP contribution in [-0.2, 0) is 0 Å². The topological polar surface area (TPSA) is 59.9 Å². The molecule has 6 heteroatoms. The Morgan fingerprint density at radius 1 is 1.17 bits per heavy atom. The average Bonchev–Trinajstić information content (AvgIpc) is 2.74. The second-order valence-electron chi connectivity index (χ2n) is 6.63. The molecule has 29 heavy (non-hydrogen) atoms. The van der Waals surface area contributed by atoms with E-state index in [0.29, 0.717) is 27.6 Å². The van der Waals surface area contributed by atoms with Gasteiger partial charge in [-0.05, 0) is 53.9 Å². The van der Waals surface area contributed by atoms with Gasteiger partial charge in [-0.25, -0.2) is 5.43 Å². The lowest BCUT2D eigenvalue weighted by atomic mass is 10.1. The van der Waals surface area contributed by atoms with Gasteiger partial charge < -0.3 is 9.47 Å². The first-order valence-corrected chi connectivity index (χ1v) is 9.76. The normalized spacial score (nSPS) is 12.1. The van der Waals surface area contributed by atoms with E-state index in [9.17, 15) is 4.79 Å². The lowest BCUT2D eigenvalue weighted by Gasteiger charge is -2.17. The van der Waals surface area contributed by atoms with Gasteiger partial charge in [0.05, 0.1) is 24.5 Å². The van der Waals surface area contributed by atoms with Crippen molar-refractivity contribution in [2.24, 2.45) is 5.10 Å². The van der Waals surface area contributed by atoms with Gasteiger partial charge in [-0.1, -0.05) is 48.9 Å². The molecule has 0 unspecified atom stereocenters. The van der Waals surface area contributed by atoms with Crippen LogP contribution in [0.4, 0.5) is 0 Å². The highest BCUT2D eigenvalue weighted by molar-refractivity contribution is 6.32. The second kappa shape index (κ2) is 9.43. The lowest BCUT2D eigenvalue weighted by Crippen LogP contribution is -2.17. The van der Waals surface area contributed by atoms with Gasteiger partial charge in [0.1, 0.15) is 0 Å². The Bertz CT molecular complexity index is 1050. The number of hydrogen-bond acceptors (Lipinski definition) is 4. The smallest absolute Gasteiger partial charge is 0.271 e. The van der Waals surface area contributed by atoms with Crippen molar-refractivity contribution in [3.05, 3.63) is 70.7 Å². The van der Waals surface area contributed by atoms with Gasteiger partial charge >= 0.3 is 0 Å². The SMILES string of the molecule is CC[C@@H](C)Oc1c(Cl)cc(/C=N\NC(=O)c2ccc3ccccc3c2)cc1OC. The Labute approximate surface area is 175 Å². The molecule has 0 heterocycles. The van der Waals surface area contributed by atoms with Crippen LogP contribution in [0.15, 0.2) is 59.7 Å². The van der Waals surface area contributed by atoms with Crippen LogP contribution in [-0.4, -0.2) is 25.3 Å². The van der Waals surface area contributed by atoms with E-state index in [-0.39, 0.29) is 12.0 Å². The minimum absolute atomic E-state index is 0.0159. The van der Waals surface area contributed by atoms with Gasteiger partial charge in [-0.3, -0.25) is 4.79 Å². The Kier molecular flexibility index (Phi) is 6.73. The van der Waals surface area contributed by atoms with Gasteiger partial charge in [0.15, 0.2) is 11.5 Å². The van der Waals surface area contributed by atoms with Crippen molar-refractivity contribution < 1.29 is 14.3 Å². The first kappa shape index (κ1) is 20.7. The molecule has 0 fully saturated rings. The van der Waals surface area contributed by atoms with Crippen molar-refractivity contribution >= 4 is 34.5 Å². The van der Waals surface area contributed by atoms with Crippen molar-refractivity contribution in [2.45, 2.75) is 26.4 Å². The molecule has 0 saturated carbocycles. The molecule has 0 spiro atoms. The summed E-state index contributed by atoms with van der Waals surface area (Å²) < 4.78 is 11.2. The molecular weight excluding hydrogens is 388 g/mol. The molecule has 1 N–H and O–H groups in total. The van der Waals surface area contributed by atoms with Crippen LogP contribution < -0.4 is 14.9 Å². The van der Waals surface area contributed by atoms with Crippen LogP contribution >= 0.6 is 11.6 Å². The van der Waals surface area contributed by atoms with E-state index in [0.717, 1.165) is 17.2 Å². The van der Waals surface area contributed by atoms with Gasteiger partial charge in [0, 0.05) is 5.56 Å². The summed E-state index contributed by atoms with van der Waals surface area (Å²) in [5.41, 5.74) is 3.76. The number of nitrogens with zero attached hydrogens (tertiary/aromatic N) is 1. The fourth-order valence-corrected chi connectivity index (χ4v) is 3.04. The van der Waals surface area contributed by atoms with E-state index in [4.69, 9.17) is 21.1 Å². The van der Waals surface area contributed by atoms with Gasteiger partial charge in [0.25, 0.3) is 5.91 Å². The summed E-state index contributed by atoms with van der Waals surface area (Å²) in [4.78, 5) is 12.4. The summed E-state index contributed by atoms with van der Waals surface area (Å²) in [5, 5.41) is 6.54. The maximum Gasteiger partial charge on any atom is 0.271 e. The predicted molar refractivity (Wildman–Crippen MR) is 117 cm³/mol. The molecular formula is C23H23ClN2O3. The number of carbonyl (C=O) groups excluding carboxylic acids is 1. The fraction of sp³-hybridized carbons (Fsp3) is 0.217. The van der Waals surface area contributed by atoms with Crippen LogP contribution in [0.1, 0.15) is 36.2 Å². The number of methoxy groups -OCH3 is 1. The summed E-state index contributed by atoms with van der Waals surface area (Å²) in [5.74, 6) is 0.725. The number of fused-ring (bicyclic) bond motifs is 1. The molecule has 1 atom stereocenters. The van der Waals surface area contributed by atoms with E-state index < -0.39 is 0 Å². The first-order chi connectivity index (χ1) is 14.0. The van der Waals surface area contributed by atoms with E-state index >= 15 is 0 Å². The van der Waals surface area contributed by atoms with E-state index in [1.54, 1.807) is 25.3 Å². The van der Waals surface area contributed by atoms with E-state index in [1.807, 2.05) is 50.2 Å². The second-order valence-corrected chi connectivity index (χ2v) is 7.04. The number of carbonyl (C=O) groups is 1. The first-order valence-electron chi connectivity index (χ1n) is 9.38.